The van der Waals surface area contributed by atoms with Crippen LogP contribution in [0, 0.1) is 13.8 Å². The molecule has 64 heavy (non-hydrogen) atoms. The van der Waals surface area contributed by atoms with E-state index in [4.69, 9.17) is 24.7 Å². The first-order chi connectivity index (χ1) is 30.7. The van der Waals surface area contributed by atoms with Gasteiger partial charge >= 0.3 is 0 Å². The van der Waals surface area contributed by atoms with Crippen LogP contribution in [-0.4, -0.2) is 125 Å². The molecule has 2 aliphatic heterocycles. The Bertz CT molecular complexity index is 2510. The largest absolute Gasteiger partial charge is 0.382 e. The second kappa shape index (κ2) is 22.2. The lowest BCUT2D eigenvalue weighted by atomic mass is 10.0. The molecule has 0 radical (unpaired) electrons. The summed E-state index contributed by atoms with van der Waals surface area (Å²) in [4.78, 5) is 72.0. The second-order valence-corrected chi connectivity index (χ2v) is 17.0. The molecule has 1 fully saturated rings. The van der Waals surface area contributed by atoms with Crippen molar-refractivity contribution in [2.45, 2.75) is 37.6 Å². The minimum absolute atomic E-state index is 0.0441. The summed E-state index contributed by atoms with van der Waals surface area (Å²) >= 11 is 3.42. The standard InChI is InChI=1S/C42H48BrN9O11S/c1-25-5-3-8-31(35(25)37(44)54)49-38-29(43)24-46-42(51-38)48-27-9-11-33(26(2)23-27)64(58,59)47-14-16-61-18-20-63-22-21-62-19-17-60-15-13-45-30-7-4-6-28-36(30)41(57)52(40(28)56)32-10-12-34(53)50-39(32)55/h3-9,11,23-24,32,45,47H,10,12-22H2,1-2H3,(H2,44,54)(H,50,53,55)(H2,46,48,49,51). The van der Waals surface area contributed by atoms with Gasteiger partial charge in [0.25, 0.3) is 17.7 Å². The van der Waals surface area contributed by atoms with E-state index < -0.39 is 45.6 Å². The molecule has 1 atom stereocenters. The lowest BCUT2D eigenvalue weighted by Gasteiger charge is -2.27. The van der Waals surface area contributed by atoms with Crippen molar-refractivity contribution >= 4 is 84.3 Å². The number of hydrogen-bond donors (Lipinski definition) is 6. The van der Waals surface area contributed by atoms with Gasteiger partial charge in [0.15, 0.2) is 0 Å². The van der Waals surface area contributed by atoms with Gasteiger partial charge in [-0.15, -0.1) is 0 Å². The smallest absolute Gasteiger partial charge is 0.264 e. The SMILES string of the molecule is Cc1cc(Nc2ncc(Br)c(Nc3cccc(C)c3C(N)=O)n2)ccc1S(=O)(=O)NCCOCCOCCOCCOCCNc1cccc2c1C(=O)N(C1CCC(=O)NC1=O)C2=O. The summed E-state index contributed by atoms with van der Waals surface area (Å²) in [5.74, 6) is -2.22. The molecule has 4 aromatic rings. The lowest BCUT2D eigenvalue weighted by Crippen LogP contribution is -2.54. The molecule has 0 aliphatic carbocycles. The Labute approximate surface area is 377 Å². The van der Waals surface area contributed by atoms with Crippen molar-refractivity contribution in [2.75, 3.05) is 81.9 Å². The van der Waals surface area contributed by atoms with Crippen LogP contribution in [0.25, 0.3) is 0 Å². The number of fused-ring (bicyclic) bond motifs is 1. The van der Waals surface area contributed by atoms with Crippen LogP contribution in [0.5, 0.6) is 0 Å². The van der Waals surface area contributed by atoms with Crippen LogP contribution >= 0.6 is 15.9 Å². The van der Waals surface area contributed by atoms with E-state index in [1.54, 1.807) is 62.5 Å². The first kappa shape index (κ1) is 47.6. The molecule has 3 aromatic carbocycles. The fraction of sp³-hybridized carbons (Fsp3) is 0.357. The quantitative estimate of drug-likeness (QED) is 0.0434. The first-order valence-electron chi connectivity index (χ1n) is 20.2. The minimum atomic E-state index is -3.84. The molecule has 3 heterocycles. The number of nitrogens with one attached hydrogen (secondary N) is 5. The van der Waals surface area contributed by atoms with Gasteiger partial charge in [-0.3, -0.25) is 34.2 Å². The van der Waals surface area contributed by atoms with Gasteiger partial charge in [-0.2, -0.15) is 4.98 Å². The van der Waals surface area contributed by atoms with Crippen LogP contribution in [0.4, 0.5) is 28.8 Å². The third kappa shape index (κ3) is 12.0. The van der Waals surface area contributed by atoms with Crippen molar-refractivity contribution in [1.29, 1.82) is 0 Å². The number of nitrogens with zero attached hydrogens (tertiary/aromatic N) is 3. The van der Waals surface area contributed by atoms with E-state index in [0.717, 1.165) is 4.90 Å². The van der Waals surface area contributed by atoms with Crippen molar-refractivity contribution in [1.82, 2.24) is 24.9 Å². The number of ether oxygens (including phenoxy) is 4. The van der Waals surface area contributed by atoms with E-state index >= 15 is 0 Å². The maximum absolute atomic E-state index is 13.2. The number of aromatic nitrogens is 2. The minimum Gasteiger partial charge on any atom is -0.382 e. The third-order valence-electron chi connectivity index (χ3n) is 9.92. The van der Waals surface area contributed by atoms with Crippen LogP contribution < -0.4 is 31.7 Å². The van der Waals surface area contributed by atoms with Gasteiger partial charge in [0.05, 0.1) is 84.6 Å². The number of primary amides is 1. The van der Waals surface area contributed by atoms with Gasteiger partial charge in [0, 0.05) is 37.1 Å². The zero-order valence-electron chi connectivity index (χ0n) is 35.0. The molecule has 22 heteroatoms. The van der Waals surface area contributed by atoms with Gasteiger partial charge in [-0.05, 0) is 83.7 Å². The van der Waals surface area contributed by atoms with Crippen LogP contribution in [0.15, 0.2) is 70.2 Å². The Kier molecular flexibility index (Phi) is 16.5. The lowest BCUT2D eigenvalue weighted by molar-refractivity contribution is -0.136. The Morgan fingerprint density at radius 1 is 0.844 bits per heavy atom. The van der Waals surface area contributed by atoms with Crippen molar-refractivity contribution in [3.05, 3.63) is 93.1 Å². The maximum Gasteiger partial charge on any atom is 0.264 e. The number of hydrogen-bond acceptors (Lipinski definition) is 16. The highest BCUT2D eigenvalue weighted by Gasteiger charge is 2.45. The third-order valence-corrected chi connectivity index (χ3v) is 12.1. The Morgan fingerprint density at radius 3 is 2.17 bits per heavy atom. The summed E-state index contributed by atoms with van der Waals surface area (Å²) in [5, 5.41) is 11.5. The fourth-order valence-electron chi connectivity index (χ4n) is 6.91. The van der Waals surface area contributed by atoms with Gasteiger partial charge in [0.2, 0.25) is 27.8 Å². The van der Waals surface area contributed by atoms with Crippen molar-refractivity contribution in [2.24, 2.45) is 5.73 Å². The number of piperidine rings is 1. The fourth-order valence-corrected chi connectivity index (χ4v) is 8.43. The highest BCUT2D eigenvalue weighted by Crippen LogP contribution is 2.33. The number of carbonyl (C=O) groups excluding carboxylic acids is 5. The molecule has 6 rings (SSSR count). The average Bonchev–Trinajstić information content (AvgIpc) is 3.50. The predicted molar refractivity (Wildman–Crippen MR) is 237 cm³/mol. The van der Waals surface area contributed by atoms with E-state index in [-0.39, 0.29) is 61.2 Å². The molecule has 340 valence electrons. The Balaban J connectivity index is 0.809. The first-order valence-corrected chi connectivity index (χ1v) is 22.5. The molecule has 0 spiro atoms. The van der Waals surface area contributed by atoms with Gasteiger partial charge in [-0.25, -0.2) is 18.1 Å². The van der Waals surface area contributed by atoms with Gasteiger partial charge in [0.1, 0.15) is 11.9 Å². The van der Waals surface area contributed by atoms with Crippen molar-refractivity contribution < 1.29 is 51.3 Å². The highest BCUT2D eigenvalue weighted by atomic mass is 79.9. The molecule has 2 aliphatic rings. The molecular weight excluding hydrogens is 918 g/mol. The number of carbonyl (C=O) groups is 5. The number of sulfonamides is 1. The molecule has 0 saturated carbocycles. The average molecular weight is 967 g/mol. The summed E-state index contributed by atoms with van der Waals surface area (Å²) < 4.78 is 51.3. The number of rotatable bonds is 24. The van der Waals surface area contributed by atoms with Gasteiger partial charge < -0.3 is 40.6 Å². The number of anilines is 5. The van der Waals surface area contributed by atoms with E-state index in [1.165, 1.54) is 12.1 Å². The summed E-state index contributed by atoms with van der Waals surface area (Å²) in [6, 6.07) is 13.9. The topological polar surface area (TPSA) is 272 Å². The molecule has 1 unspecified atom stereocenters. The van der Waals surface area contributed by atoms with E-state index in [9.17, 15) is 32.4 Å². The summed E-state index contributed by atoms with van der Waals surface area (Å²) in [5.41, 5.74) is 9.00. The zero-order chi connectivity index (χ0) is 45.8. The number of benzene rings is 3. The number of aryl methyl sites for hydroxylation is 2. The number of halogens is 1. The number of nitrogens with two attached hydrogens (primary N) is 1. The van der Waals surface area contributed by atoms with Crippen LogP contribution in [-0.2, 0) is 38.6 Å². The molecule has 1 saturated heterocycles. The summed E-state index contributed by atoms with van der Waals surface area (Å²) in [7, 11) is -3.84. The molecule has 7 N–H and O–H groups in total. The predicted octanol–water partition coefficient (Wildman–Crippen LogP) is 3.30. The summed E-state index contributed by atoms with van der Waals surface area (Å²) in [6.45, 7) is 6.10. The van der Waals surface area contributed by atoms with Crippen molar-refractivity contribution in [3.8, 4) is 0 Å². The maximum atomic E-state index is 13.2. The molecular formula is C42H48BrN9O11S. The van der Waals surface area contributed by atoms with Crippen LogP contribution in [0.1, 0.15) is 55.0 Å². The number of amides is 5. The molecule has 1 aromatic heterocycles. The van der Waals surface area contributed by atoms with E-state index in [1.807, 2.05) is 0 Å². The summed E-state index contributed by atoms with van der Waals surface area (Å²) in [6.07, 6.45) is 1.66. The zero-order valence-corrected chi connectivity index (χ0v) is 37.4. The monoisotopic (exact) mass is 965 g/mol. The van der Waals surface area contributed by atoms with Gasteiger partial charge in [-0.1, -0.05) is 18.2 Å². The molecule has 0 bridgehead atoms. The van der Waals surface area contributed by atoms with Crippen molar-refractivity contribution in [3.63, 3.8) is 0 Å². The van der Waals surface area contributed by atoms with E-state index in [2.05, 4.69) is 51.9 Å². The second-order valence-electron chi connectivity index (χ2n) is 14.4. The van der Waals surface area contributed by atoms with Crippen LogP contribution in [0.2, 0.25) is 0 Å². The Hall–Kier alpha value is -5.88. The normalized spacial score (nSPS) is 15.0. The number of imide groups is 2. The van der Waals surface area contributed by atoms with E-state index in [0.29, 0.717) is 83.6 Å². The molecule has 5 amide bonds. The highest BCUT2D eigenvalue weighted by molar-refractivity contribution is 9.10. The Morgan fingerprint density at radius 2 is 1.50 bits per heavy atom. The molecule has 20 nitrogen and oxygen atoms in total. The van der Waals surface area contributed by atoms with Crippen LogP contribution in [0.3, 0.4) is 0 Å².